The fourth-order valence-corrected chi connectivity index (χ4v) is 2.37. The smallest absolute Gasteiger partial charge is 0.120 e. The van der Waals surface area contributed by atoms with E-state index in [0.717, 1.165) is 18.7 Å². The van der Waals surface area contributed by atoms with Gasteiger partial charge in [0, 0.05) is 6.04 Å². The number of ether oxygens (including phenoxy) is 1. The number of nitrogens with one attached hydrogen (secondary N) is 1. The molecule has 0 amide bonds. The summed E-state index contributed by atoms with van der Waals surface area (Å²) in [5, 5.41) is 3.63. The molecular weight excluding hydrogens is 234 g/mol. The molecule has 2 heteroatoms. The van der Waals surface area contributed by atoms with Gasteiger partial charge in [0.1, 0.15) is 11.9 Å². The minimum Gasteiger partial charge on any atom is -0.489 e. The van der Waals surface area contributed by atoms with Gasteiger partial charge in [0.05, 0.1) is 0 Å². The molecule has 108 valence electrons. The second-order valence-corrected chi connectivity index (χ2v) is 5.23. The molecule has 0 aliphatic rings. The van der Waals surface area contributed by atoms with Gasteiger partial charge in [0.25, 0.3) is 0 Å². The van der Waals surface area contributed by atoms with Crippen LogP contribution in [0.3, 0.4) is 0 Å². The Hall–Kier alpha value is -1.02. The van der Waals surface area contributed by atoms with Crippen LogP contribution in [0, 0.1) is 6.92 Å². The van der Waals surface area contributed by atoms with Gasteiger partial charge in [-0.25, -0.2) is 0 Å². The van der Waals surface area contributed by atoms with E-state index in [4.69, 9.17) is 4.74 Å². The fraction of sp³-hybridized carbons (Fsp3) is 0.647. The summed E-state index contributed by atoms with van der Waals surface area (Å²) < 4.78 is 6.19. The van der Waals surface area contributed by atoms with Crippen LogP contribution in [0.2, 0.25) is 0 Å². The Morgan fingerprint density at radius 1 is 1.16 bits per heavy atom. The monoisotopic (exact) mass is 263 g/mol. The summed E-state index contributed by atoms with van der Waals surface area (Å²) in [4.78, 5) is 0. The SMILES string of the molecule is CCCNC(CCC)C(CC)Oc1cccc(C)c1. The molecule has 19 heavy (non-hydrogen) atoms. The number of hydrogen-bond acceptors (Lipinski definition) is 2. The van der Waals surface area contributed by atoms with Gasteiger partial charge in [-0.3, -0.25) is 0 Å². The minimum absolute atomic E-state index is 0.258. The summed E-state index contributed by atoms with van der Waals surface area (Å²) in [7, 11) is 0. The Morgan fingerprint density at radius 2 is 1.95 bits per heavy atom. The van der Waals surface area contributed by atoms with Gasteiger partial charge < -0.3 is 10.1 Å². The molecule has 2 unspecified atom stereocenters. The highest BCUT2D eigenvalue weighted by Crippen LogP contribution is 2.18. The van der Waals surface area contributed by atoms with Crippen molar-refractivity contribution in [3.63, 3.8) is 0 Å². The van der Waals surface area contributed by atoms with Crippen LogP contribution < -0.4 is 10.1 Å². The standard InChI is InChI=1S/C17H29NO/c1-5-9-16(18-12-6-2)17(7-3)19-15-11-8-10-14(4)13-15/h8,10-11,13,16-18H,5-7,9,12H2,1-4H3. The molecule has 1 aromatic carbocycles. The molecule has 0 saturated heterocycles. The van der Waals surface area contributed by atoms with Gasteiger partial charge in [-0.05, 0) is 50.4 Å². The van der Waals surface area contributed by atoms with E-state index in [1.807, 2.05) is 0 Å². The second kappa shape index (κ2) is 8.98. The van der Waals surface area contributed by atoms with Crippen molar-refractivity contribution in [3.05, 3.63) is 29.8 Å². The minimum atomic E-state index is 0.258. The van der Waals surface area contributed by atoms with Crippen LogP contribution in [-0.4, -0.2) is 18.7 Å². The van der Waals surface area contributed by atoms with E-state index in [1.165, 1.54) is 24.8 Å². The highest BCUT2D eigenvalue weighted by Gasteiger charge is 2.20. The third-order valence-electron chi connectivity index (χ3n) is 3.38. The predicted molar refractivity (Wildman–Crippen MR) is 82.9 cm³/mol. The van der Waals surface area contributed by atoms with Crippen LogP contribution in [0.5, 0.6) is 5.75 Å². The number of benzene rings is 1. The zero-order valence-corrected chi connectivity index (χ0v) is 12.9. The zero-order chi connectivity index (χ0) is 14.1. The van der Waals surface area contributed by atoms with Gasteiger partial charge in [0.15, 0.2) is 0 Å². The van der Waals surface area contributed by atoms with E-state index in [1.54, 1.807) is 0 Å². The van der Waals surface area contributed by atoms with Gasteiger partial charge in [0.2, 0.25) is 0 Å². The van der Waals surface area contributed by atoms with Crippen LogP contribution in [0.15, 0.2) is 24.3 Å². The molecule has 0 aliphatic heterocycles. The molecule has 0 aromatic heterocycles. The van der Waals surface area contributed by atoms with Gasteiger partial charge in [-0.2, -0.15) is 0 Å². The molecule has 1 N–H and O–H groups in total. The number of rotatable bonds is 9. The molecule has 0 spiro atoms. The first-order valence-corrected chi connectivity index (χ1v) is 7.67. The molecule has 0 radical (unpaired) electrons. The van der Waals surface area contributed by atoms with E-state index in [0.29, 0.717) is 6.04 Å². The highest BCUT2D eigenvalue weighted by atomic mass is 16.5. The van der Waals surface area contributed by atoms with Gasteiger partial charge >= 0.3 is 0 Å². The molecule has 0 fully saturated rings. The topological polar surface area (TPSA) is 21.3 Å². The van der Waals surface area contributed by atoms with Crippen LogP contribution in [0.4, 0.5) is 0 Å². The average molecular weight is 263 g/mol. The lowest BCUT2D eigenvalue weighted by Crippen LogP contribution is -2.43. The Labute approximate surface area is 118 Å². The van der Waals surface area contributed by atoms with E-state index in [9.17, 15) is 0 Å². The van der Waals surface area contributed by atoms with Crippen molar-refractivity contribution < 1.29 is 4.74 Å². The molecule has 0 bridgehead atoms. The maximum Gasteiger partial charge on any atom is 0.120 e. The highest BCUT2D eigenvalue weighted by molar-refractivity contribution is 5.27. The zero-order valence-electron chi connectivity index (χ0n) is 12.9. The Bertz CT molecular complexity index is 351. The quantitative estimate of drug-likeness (QED) is 0.716. The average Bonchev–Trinajstić information content (AvgIpc) is 2.41. The Balaban J connectivity index is 2.67. The largest absolute Gasteiger partial charge is 0.489 e. The van der Waals surface area contributed by atoms with Crippen molar-refractivity contribution in [2.75, 3.05) is 6.54 Å². The predicted octanol–water partition coefficient (Wildman–Crippen LogP) is 4.32. The first-order valence-electron chi connectivity index (χ1n) is 7.67. The Kier molecular flexibility index (Phi) is 7.57. The molecule has 2 atom stereocenters. The van der Waals surface area contributed by atoms with Crippen LogP contribution in [0.1, 0.15) is 52.0 Å². The lowest BCUT2D eigenvalue weighted by molar-refractivity contribution is 0.142. The van der Waals surface area contributed by atoms with Crippen LogP contribution in [-0.2, 0) is 0 Å². The summed E-state index contributed by atoms with van der Waals surface area (Å²) in [5.74, 6) is 0.992. The summed E-state index contributed by atoms with van der Waals surface area (Å²) in [6.07, 6.45) is 4.82. The van der Waals surface area contributed by atoms with Gasteiger partial charge in [-0.1, -0.05) is 39.3 Å². The number of aryl methyl sites for hydroxylation is 1. The van der Waals surface area contributed by atoms with Crippen LogP contribution in [0.25, 0.3) is 0 Å². The van der Waals surface area contributed by atoms with E-state index < -0.39 is 0 Å². The first kappa shape index (κ1) is 16.0. The summed E-state index contributed by atoms with van der Waals surface area (Å²) in [5.41, 5.74) is 1.25. The third-order valence-corrected chi connectivity index (χ3v) is 3.38. The van der Waals surface area contributed by atoms with E-state index in [-0.39, 0.29) is 6.10 Å². The normalized spacial score (nSPS) is 14.1. The van der Waals surface area contributed by atoms with Crippen molar-refractivity contribution in [3.8, 4) is 5.75 Å². The lowest BCUT2D eigenvalue weighted by atomic mass is 10.0. The second-order valence-electron chi connectivity index (χ2n) is 5.23. The molecule has 1 rings (SSSR count). The molecule has 1 aromatic rings. The Morgan fingerprint density at radius 3 is 2.53 bits per heavy atom. The summed E-state index contributed by atoms with van der Waals surface area (Å²) in [6.45, 7) is 9.82. The van der Waals surface area contributed by atoms with E-state index >= 15 is 0 Å². The van der Waals surface area contributed by atoms with Crippen molar-refractivity contribution in [2.24, 2.45) is 0 Å². The first-order chi connectivity index (χ1) is 9.21. The van der Waals surface area contributed by atoms with Gasteiger partial charge in [-0.15, -0.1) is 0 Å². The summed E-state index contributed by atoms with van der Waals surface area (Å²) in [6, 6.07) is 8.79. The molecule has 0 saturated carbocycles. The van der Waals surface area contributed by atoms with Crippen LogP contribution >= 0.6 is 0 Å². The molecule has 2 nitrogen and oxygen atoms in total. The fourth-order valence-electron chi connectivity index (χ4n) is 2.37. The molecule has 0 aliphatic carbocycles. The van der Waals surface area contributed by atoms with Crippen molar-refractivity contribution in [1.29, 1.82) is 0 Å². The van der Waals surface area contributed by atoms with Crippen molar-refractivity contribution in [2.45, 2.75) is 65.5 Å². The maximum absolute atomic E-state index is 6.19. The summed E-state index contributed by atoms with van der Waals surface area (Å²) >= 11 is 0. The van der Waals surface area contributed by atoms with Crippen molar-refractivity contribution >= 4 is 0 Å². The molecule has 0 heterocycles. The lowest BCUT2D eigenvalue weighted by Gasteiger charge is -2.28. The molecular formula is C17H29NO. The third kappa shape index (κ3) is 5.65. The van der Waals surface area contributed by atoms with Crippen molar-refractivity contribution in [1.82, 2.24) is 5.32 Å². The van der Waals surface area contributed by atoms with E-state index in [2.05, 4.69) is 57.3 Å². The number of hydrogen-bond donors (Lipinski definition) is 1. The maximum atomic E-state index is 6.19.